The summed E-state index contributed by atoms with van der Waals surface area (Å²) in [4.78, 5) is 37.7. The highest BCUT2D eigenvalue weighted by atomic mass is 127. The maximum absolute atomic E-state index is 12.8. The molecule has 0 saturated carbocycles. The van der Waals surface area contributed by atoms with Crippen molar-refractivity contribution in [2.24, 2.45) is 0 Å². The zero-order valence-electron chi connectivity index (χ0n) is 18.2. The van der Waals surface area contributed by atoms with Gasteiger partial charge in [0.1, 0.15) is 28.0 Å². The van der Waals surface area contributed by atoms with Crippen molar-refractivity contribution in [3.63, 3.8) is 0 Å². The molecule has 2 heterocycles. The lowest BCUT2D eigenvalue weighted by Gasteiger charge is -2.07. The van der Waals surface area contributed by atoms with Gasteiger partial charge in [-0.3, -0.25) is 4.79 Å². The summed E-state index contributed by atoms with van der Waals surface area (Å²) in [7, 11) is 1.25. The minimum absolute atomic E-state index is 0.0368. The molecule has 0 aliphatic heterocycles. The molecule has 0 atom stereocenters. The molecular formula is C23H22INO7S. The van der Waals surface area contributed by atoms with E-state index < -0.39 is 17.8 Å². The smallest absolute Gasteiger partial charge is 0.348 e. The SMILES string of the molecule is CCCOC(=O)c1c(NC(=O)c2ccc(COc3ccc(I)cc3)o2)sc(C(=O)OC)c1C. The first kappa shape index (κ1) is 24.8. The summed E-state index contributed by atoms with van der Waals surface area (Å²) in [5.41, 5.74) is 0.505. The third-order valence-corrected chi connectivity index (χ3v) is 6.37. The summed E-state index contributed by atoms with van der Waals surface area (Å²) in [6.07, 6.45) is 0.639. The van der Waals surface area contributed by atoms with Crippen molar-refractivity contribution in [2.45, 2.75) is 26.9 Å². The molecule has 10 heteroatoms. The molecule has 0 aliphatic carbocycles. The summed E-state index contributed by atoms with van der Waals surface area (Å²) in [6.45, 7) is 3.84. The van der Waals surface area contributed by atoms with E-state index in [9.17, 15) is 14.4 Å². The highest BCUT2D eigenvalue weighted by Gasteiger charge is 2.28. The molecule has 8 nitrogen and oxygen atoms in total. The Kier molecular flexibility index (Phi) is 8.50. The van der Waals surface area contributed by atoms with E-state index in [2.05, 4.69) is 27.9 Å². The number of anilines is 1. The maximum atomic E-state index is 12.8. The lowest BCUT2D eigenvalue weighted by Crippen LogP contribution is -2.14. The van der Waals surface area contributed by atoms with Crippen LogP contribution in [0.2, 0.25) is 0 Å². The van der Waals surface area contributed by atoms with Gasteiger partial charge in [0, 0.05) is 3.57 Å². The predicted octanol–water partition coefficient (Wildman–Crippen LogP) is 5.44. The molecule has 0 saturated heterocycles. The van der Waals surface area contributed by atoms with E-state index in [1.165, 1.54) is 13.2 Å². The van der Waals surface area contributed by atoms with Crippen molar-refractivity contribution in [2.75, 3.05) is 19.0 Å². The van der Waals surface area contributed by atoms with Crippen LogP contribution in [0.4, 0.5) is 5.00 Å². The van der Waals surface area contributed by atoms with Gasteiger partial charge in [0.15, 0.2) is 5.76 Å². The van der Waals surface area contributed by atoms with E-state index >= 15 is 0 Å². The summed E-state index contributed by atoms with van der Waals surface area (Å²) in [5.74, 6) is -0.624. The molecule has 3 aromatic rings. The van der Waals surface area contributed by atoms with Crippen molar-refractivity contribution >= 4 is 56.8 Å². The van der Waals surface area contributed by atoms with Crippen molar-refractivity contribution in [3.05, 3.63) is 67.5 Å². The van der Waals surface area contributed by atoms with Crippen LogP contribution in [0, 0.1) is 10.5 Å². The largest absolute Gasteiger partial charge is 0.486 e. The molecule has 1 aromatic carbocycles. The van der Waals surface area contributed by atoms with Crippen molar-refractivity contribution in [1.82, 2.24) is 0 Å². The molecule has 33 heavy (non-hydrogen) atoms. The zero-order chi connectivity index (χ0) is 24.0. The van der Waals surface area contributed by atoms with Crippen LogP contribution in [0.5, 0.6) is 5.75 Å². The molecule has 0 radical (unpaired) electrons. The third kappa shape index (κ3) is 6.14. The second-order valence-electron chi connectivity index (χ2n) is 6.85. The first-order valence-electron chi connectivity index (χ1n) is 10.0. The van der Waals surface area contributed by atoms with Crippen molar-refractivity contribution in [1.29, 1.82) is 0 Å². The van der Waals surface area contributed by atoms with Gasteiger partial charge in [0.05, 0.1) is 19.3 Å². The summed E-state index contributed by atoms with van der Waals surface area (Å²) in [6, 6.07) is 10.7. The van der Waals surface area contributed by atoms with Gasteiger partial charge in [0.25, 0.3) is 5.91 Å². The van der Waals surface area contributed by atoms with E-state index in [0.717, 1.165) is 14.9 Å². The van der Waals surface area contributed by atoms with Crippen LogP contribution < -0.4 is 10.1 Å². The Bertz CT molecular complexity index is 1150. The molecule has 174 valence electrons. The fraction of sp³-hybridized carbons (Fsp3) is 0.261. The van der Waals surface area contributed by atoms with E-state index in [0.29, 0.717) is 23.5 Å². The van der Waals surface area contributed by atoms with Crippen LogP contribution in [0.3, 0.4) is 0 Å². The number of benzene rings is 1. The summed E-state index contributed by atoms with van der Waals surface area (Å²) in [5, 5.41) is 2.84. The Hall–Kier alpha value is -2.86. The van der Waals surface area contributed by atoms with Crippen LogP contribution in [0.25, 0.3) is 0 Å². The lowest BCUT2D eigenvalue weighted by atomic mass is 10.1. The van der Waals surface area contributed by atoms with Gasteiger partial charge in [-0.15, -0.1) is 11.3 Å². The van der Waals surface area contributed by atoms with Crippen LogP contribution >= 0.6 is 33.9 Å². The van der Waals surface area contributed by atoms with Gasteiger partial charge < -0.3 is 23.9 Å². The number of carbonyl (C=O) groups excluding carboxylic acids is 3. The quantitative estimate of drug-likeness (QED) is 0.264. The number of thiophene rings is 1. The first-order valence-corrected chi connectivity index (χ1v) is 11.9. The summed E-state index contributed by atoms with van der Waals surface area (Å²) >= 11 is 3.15. The topological polar surface area (TPSA) is 104 Å². The standard InChI is InChI=1S/C23H22INO7S/c1-4-11-30-22(27)18-13(2)19(23(28)29-3)33-21(18)25-20(26)17-10-9-16(32-17)12-31-15-7-5-14(24)6-8-15/h5-10H,4,11-12H2,1-3H3,(H,25,26). The Labute approximate surface area is 208 Å². The number of ether oxygens (including phenoxy) is 3. The van der Waals surface area contributed by atoms with E-state index in [-0.39, 0.29) is 34.4 Å². The predicted molar refractivity (Wildman–Crippen MR) is 131 cm³/mol. The number of amides is 1. The molecule has 0 aliphatic rings. The number of rotatable bonds is 9. The van der Waals surface area contributed by atoms with Crippen molar-refractivity contribution < 1.29 is 33.0 Å². The van der Waals surface area contributed by atoms with Gasteiger partial charge in [-0.25, -0.2) is 9.59 Å². The monoisotopic (exact) mass is 583 g/mol. The molecule has 2 aromatic heterocycles. The molecule has 0 bridgehead atoms. The van der Waals surface area contributed by atoms with Gasteiger partial charge in [0.2, 0.25) is 0 Å². The van der Waals surface area contributed by atoms with Gasteiger partial charge in [-0.1, -0.05) is 6.92 Å². The Balaban J connectivity index is 1.75. The van der Waals surface area contributed by atoms with Crippen LogP contribution in [-0.4, -0.2) is 31.6 Å². The second kappa shape index (κ2) is 11.3. The Morgan fingerprint density at radius 2 is 1.82 bits per heavy atom. The number of carbonyl (C=O) groups is 3. The second-order valence-corrected chi connectivity index (χ2v) is 9.12. The van der Waals surface area contributed by atoms with E-state index in [1.807, 2.05) is 31.2 Å². The highest BCUT2D eigenvalue weighted by molar-refractivity contribution is 14.1. The van der Waals surface area contributed by atoms with Gasteiger partial charge >= 0.3 is 11.9 Å². The van der Waals surface area contributed by atoms with Crippen LogP contribution in [-0.2, 0) is 16.1 Å². The summed E-state index contributed by atoms with van der Waals surface area (Å²) < 4.78 is 22.4. The van der Waals surface area contributed by atoms with Crippen molar-refractivity contribution in [3.8, 4) is 5.75 Å². The first-order chi connectivity index (χ1) is 15.8. The molecular weight excluding hydrogens is 561 g/mol. The fourth-order valence-corrected chi connectivity index (χ4v) is 4.30. The average Bonchev–Trinajstić information content (AvgIpc) is 3.41. The lowest BCUT2D eigenvalue weighted by molar-refractivity contribution is 0.0506. The minimum Gasteiger partial charge on any atom is -0.486 e. The molecule has 1 amide bonds. The molecule has 0 spiro atoms. The molecule has 0 fully saturated rings. The number of hydrogen-bond donors (Lipinski definition) is 1. The number of hydrogen-bond acceptors (Lipinski definition) is 8. The number of halogens is 1. The van der Waals surface area contributed by atoms with E-state index in [4.69, 9.17) is 18.6 Å². The highest BCUT2D eigenvalue weighted by Crippen LogP contribution is 2.34. The van der Waals surface area contributed by atoms with Crippen LogP contribution in [0.1, 0.15) is 55.3 Å². The number of nitrogens with one attached hydrogen (secondary N) is 1. The minimum atomic E-state index is -0.623. The Morgan fingerprint density at radius 3 is 2.48 bits per heavy atom. The maximum Gasteiger partial charge on any atom is 0.348 e. The molecule has 0 unspecified atom stereocenters. The van der Waals surface area contributed by atoms with E-state index in [1.54, 1.807) is 13.0 Å². The third-order valence-electron chi connectivity index (χ3n) is 4.47. The number of esters is 2. The number of methoxy groups -OCH3 is 1. The van der Waals surface area contributed by atoms with Gasteiger partial charge in [-0.2, -0.15) is 0 Å². The number of furan rings is 1. The zero-order valence-corrected chi connectivity index (χ0v) is 21.2. The fourth-order valence-electron chi connectivity index (χ4n) is 2.83. The normalized spacial score (nSPS) is 10.5. The van der Waals surface area contributed by atoms with Crippen LogP contribution in [0.15, 0.2) is 40.8 Å². The van der Waals surface area contributed by atoms with Gasteiger partial charge in [-0.05, 0) is 77.9 Å². The average molecular weight is 583 g/mol. The molecule has 3 rings (SSSR count). The Morgan fingerprint density at radius 1 is 1.09 bits per heavy atom. The molecule has 1 N–H and O–H groups in total.